The number of aryl methyl sites for hydroxylation is 1. The summed E-state index contributed by atoms with van der Waals surface area (Å²) >= 11 is 1.08. The van der Waals surface area contributed by atoms with Gasteiger partial charge in [-0.05, 0) is 13.3 Å². The Balaban J connectivity index is 2.34. The number of carbonyl (C=O) groups is 2. The molecule has 1 aromatic heterocycles. The molecule has 106 valence electrons. The molecule has 0 radical (unpaired) electrons. The van der Waals surface area contributed by atoms with E-state index >= 15 is 0 Å². The zero-order valence-electron chi connectivity index (χ0n) is 11.1. The van der Waals surface area contributed by atoms with Crippen LogP contribution in [0.2, 0.25) is 0 Å². The summed E-state index contributed by atoms with van der Waals surface area (Å²) in [7, 11) is 0. The molecule has 2 N–H and O–H groups in total. The van der Waals surface area contributed by atoms with Gasteiger partial charge in [0.2, 0.25) is 5.91 Å². The second kappa shape index (κ2) is 7.85. The van der Waals surface area contributed by atoms with Crippen molar-refractivity contribution in [3.63, 3.8) is 0 Å². The Hall–Kier alpha value is -1.47. The number of amides is 1. The Labute approximate surface area is 115 Å². The molecule has 1 rings (SSSR count). The molecule has 0 saturated heterocycles. The number of carbonyl (C=O) groups excluding carboxylic acids is 1. The average Bonchev–Trinajstić information content (AvgIpc) is 2.74. The van der Waals surface area contributed by atoms with Crippen LogP contribution in [-0.2, 0) is 16.1 Å². The lowest BCUT2D eigenvalue weighted by atomic mass is 10.4. The van der Waals surface area contributed by atoms with E-state index < -0.39 is 5.97 Å². The summed E-state index contributed by atoms with van der Waals surface area (Å²) in [5, 5.41) is 12.2. The van der Waals surface area contributed by atoms with E-state index in [1.807, 2.05) is 6.92 Å². The van der Waals surface area contributed by atoms with Crippen molar-refractivity contribution in [2.24, 2.45) is 0 Å². The molecule has 0 spiro atoms. The third kappa shape index (κ3) is 5.35. The van der Waals surface area contributed by atoms with E-state index in [2.05, 4.69) is 10.3 Å². The molecular weight excluding hydrogens is 268 g/mol. The number of nitrogens with one attached hydrogen (secondary N) is 1. The largest absolute Gasteiger partial charge is 0.477 e. The van der Waals surface area contributed by atoms with E-state index in [1.165, 1.54) is 0 Å². The van der Waals surface area contributed by atoms with Gasteiger partial charge in [0.25, 0.3) is 0 Å². The molecule has 0 saturated carbocycles. The number of carboxylic acid groups (broad SMARTS) is 1. The fourth-order valence-corrected chi connectivity index (χ4v) is 2.24. The molecule has 1 amide bonds. The van der Waals surface area contributed by atoms with Crippen LogP contribution in [0.15, 0.2) is 0 Å². The predicted octanol–water partition coefficient (Wildman–Crippen LogP) is 1.58. The maximum absolute atomic E-state index is 11.5. The number of aromatic nitrogens is 1. The zero-order chi connectivity index (χ0) is 14.3. The van der Waals surface area contributed by atoms with Crippen molar-refractivity contribution >= 4 is 23.2 Å². The second-order valence-corrected chi connectivity index (χ2v) is 5.05. The number of thiazole rings is 1. The molecule has 0 aliphatic carbocycles. The van der Waals surface area contributed by atoms with Crippen molar-refractivity contribution < 1.29 is 19.4 Å². The second-order valence-electron chi connectivity index (χ2n) is 3.97. The third-order valence-electron chi connectivity index (χ3n) is 2.29. The first kappa shape index (κ1) is 15.6. The topological polar surface area (TPSA) is 88.5 Å². The molecule has 1 heterocycles. The van der Waals surface area contributed by atoms with Gasteiger partial charge in [0.1, 0.15) is 9.88 Å². The number of aromatic carboxylic acids is 1. The van der Waals surface area contributed by atoms with Crippen LogP contribution >= 0.6 is 11.3 Å². The van der Waals surface area contributed by atoms with Crippen LogP contribution in [0.1, 0.15) is 40.1 Å². The molecule has 0 fully saturated rings. The van der Waals surface area contributed by atoms with Crippen LogP contribution in [0.4, 0.5) is 0 Å². The summed E-state index contributed by atoms with van der Waals surface area (Å²) in [6.45, 7) is 4.96. The van der Waals surface area contributed by atoms with Gasteiger partial charge in [-0.2, -0.15) is 0 Å². The monoisotopic (exact) mass is 286 g/mol. The molecule has 0 unspecified atom stereocenters. The smallest absolute Gasteiger partial charge is 0.347 e. The predicted molar refractivity (Wildman–Crippen MR) is 71.4 cm³/mol. The maximum Gasteiger partial charge on any atom is 0.347 e. The number of hydrogen-bond acceptors (Lipinski definition) is 5. The van der Waals surface area contributed by atoms with E-state index in [0.29, 0.717) is 30.3 Å². The van der Waals surface area contributed by atoms with Gasteiger partial charge in [-0.3, -0.25) is 4.79 Å². The fraction of sp³-hybridized carbons (Fsp3) is 0.583. The van der Waals surface area contributed by atoms with Gasteiger partial charge in [-0.1, -0.05) is 6.92 Å². The molecule has 0 atom stereocenters. The van der Waals surface area contributed by atoms with Crippen LogP contribution in [0.5, 0.6) is 0 Å². The minimum Gasteiger partial charge on any atom is -0.477 e. The third-order valence-corrected chi connectivity index (χ3v) is 3.44. The van der Waals surface area contributed by atoms with Crippen LogP contribution in [0.3, 0.4) is 0 Å². The number of nitrogens with zero attached hydrogens (tertiary/aromatic N) is 1. The first-order valence-electron chi connectivity index (χ1n) is 6.08. The Morgan fingerprint density at radius 2 is 2.16 bits per heavy atom. The van der Waals surface area contributed by atoms with E-state index in [-0.39, 0.29) is 17.3 Å². The summed E-state index contributed by atoms with van der Waals surface area (Å²) in [5.41, 5.74) is 0.480. The number of rotatable bonds is 8. The molecule has 19 heavy (non-hydrogen) atoms. The van der Waals surface area contributed by atoms with Crippen LogP contribution in [-0.4, -0.2) is 35.2 Å². The van der Waals surface area contributed by atoms with Gasteiger partial charge in [-0.25, -0.2) is 9.78 Å². The molecule has 0 aliphatic rings. The summed E-state index contributed by atoms with van der Waals surface area (Å²) < 4.78 is 5.21. The van der Waals surface area contributed by atoms with Crippen molar-refractivity contribution in [3.8, 4) is 0 Å². The highest BCUT2D eigenvalue weighted by molar-refractivity contribution is 7.13. The molecule has 1 aromatic rings. The highest BCUT2D eigenvalue weighted by Crippen LogP contribution is 2.17. The van der Waals surface area contributed by atoms with Gasteiger partial charge < -0.3 is 15.2 Å². The van der Waals surface area contributed by atoms with E-state index in [1.54, 1.807) is 6.92 Å². The summed E-state index contributed by atoms with van der Waals surface area (Å²) in [4.78, 5) is 26.6. The van der Waals surface area contributed by atoms with Crippen LogP contribution < -0.4 is 5.32 Å². The van der Waals surface area contributed by atoms with Gasteiger partial charge in [0.15, 0.2) is 0 Å². The molecule has 0 bridgehead atoms. The van der Waals surface area contributed by atoms with E-state index in [4.69, 9.17) is 9.84 Å². The normalized spacial score (nSPS) is 10.4. The standard InChI is InChI=1S/C12H18N2O4S/c1-3-5-18-6-4-9(15)13-7-10-14-8(2)11(19-10)12(16)17/h3-7H2,1-2H3,(H,13,15)(H,16,17). The Kier molecular flexibility index (Phi) is 6.44. The summed E-state index contributed by atoms with van der Waals surface area (Å²) in [6, 6.07) is 0. The molecular formula is C12H18N2O4S. The van der Waals surface area contributed by atoms with Crippen LogP contribution in [0, 0.1) is 6.92 Å². The van der Waals surface area contributed by atoms with Crippen LogP contribution in [0.25, 0.3) is 0 Å². The van der Waals surface area contributed by atoms with Gasteiger partial charge >= 0.3 is 5.97 Å². The number of ether oxygens (including phenoxy) is 1. The number of hydrogen-bond donors (Lipinski definition) is 2. The first-order valence-corrected chi connectivity index (χ1v) is 6.90. The first-order chi connectivity index (χ1) is 9.04. The minimum absolute atomic E-state index is 0.124. The van der Waals surface area contributed by atoms with Crippen molar-refractivity contribution in [3.05, 3.63) is 15.6 Å². The molecule has 6 nitrogen and oxygen atoms in total. The Morgan fingerprint density at radius 1 is 1.42 bits per heavy atom. The van der Waals surface area contributed by atoms with Crippen molar-refractivity contribution in [2.75, 3.05) is 13.2 Å². The molecule has 0 aliphatic heterocycles. The average molecular weight is 286 g/mol. The SMILES string of the molecule is CCCOCCC(=O)NCc1nc(C)c(C(=O)O)s1. The zero-order valence-corrected chi connectivity index (χ0v) is 11.9. The molecule has 0 aromatic carbocycles. The molecule has 7 heteroatoms. The summed E-state index contributed by atoms with van der Waals surface area (Å²) in [5.74, 6) is -1.11. The van der Waals surface area contributed by atoms with Crippen molar-refractivity contribution in [2.45, 2.75) is 33.2 Å². The fourth-order valence-electron chi connectivity index (χ4n) is 1.40. The maximum atomic E-state index is 11.5. The van der Waals surface area contributed by atoms with Crippen molar-refractivity contribution in [1.82, 2.24) is 10.3 Å². The lowest BCUT2D eigenvalue weighted by molar-refractivity contribution is -0.122. The lowest BCUT2D eigenvalue weighted by Gasteiger charge is -2.03. The highest BCUT2D eigenvalue weighted by atomic mass is 32.1. The summed E-state index contributed by atoms with van der Waals surface area (Å²) in [6.07, 6.45) is 1.23. The minimum atomic E-state index is -0.986. The quantitative estimate of drug-likeness (QED) is 0.708. The van der Waals surface area contributed by atoms with Crippen molar-refractivity contribution in [1.29, 1.82) is 0 Å². The van der Waals surface area contributed by atoms with Gasteiger partial charge in [-0.15, -0.1) is 11.3 Å². The highest BCUT2D eigenvalue weighted by Gasteiger charge is 2.14. The van der Waals surface area contributed by atoms with Gasteiger partial charge in [0.05, 0.1) is 18.8 Å². The Bertz CT molecular complexity index is 445. The lowest BCUT2D eigenvalue weighted by Crippen LogP contribution is -2.23. The number of carboxylic acids is 1. The van der Waals surface area contributed by atoms with E-state index in [9.17, 15) is 9.59 Å². The van der Waals surface area contributed by atoms with E-state index in [0.717, 1.165) is 17.8 Å². The van der Waals surface area contributed by atoms with Gasteiger partial charge in [0, 0.05) is 13.0 Å². The Morgan fingerprint density at radius 3 is 2.74 bits per heavy atom.